The average Bonchev–Trinajstić information content (AvgIpc) is 3.47. The molecule has 3 atom stereocenters. The summed E-state index contributed by atoms with van der Waals surface area (Å²) < 4.78 is 33.6. The zero-order valence-electron chi connectivity index (χ0n) is 17.3. The van der Waals surface area contributed by atoms with Gasteiger partial charge in [-0.2, -0.15) is 18.3 Å². The lowest BCUT2D eigenvalue weighted by Crippen LogP contribution is -2.50. The summed E-state index contributed by atoms with van der Waals surface area (Å²) in [6.45, 7) is 3.76. The number of carbonyl (C=O) groups is 3. The third-order valence-electron chi connectivity index (χ3n) is 5.70. The largest absolute Gasteiger partial charge is 0.490 e. The Morgan fingerprint density at radius 3 is 2.53 bits per heavy atom. The van der Waals surface area contributed by atoms with E-state index in [0.29, 0.717) is 31.2 Å². The van der Waals surface area contributed by atoms with Crippen LogP contribution in [0.25, 0.3) is 0 Å². The van der Waals surface area contributed by atoms with Crippen molar-refractivity contribution in [3.63, 3.8) is 0 Å². The number of rotatable bonds is 3. The van der Waals surface area contributed by atoms with Gasteiger partial charge in [-0.15, -0.1) is 0 Å². The highest BCUT2D eigenvalue weighted by Crippen LogP contribution is 2.36. The predicted octanol–water partition coefficient (Wildman–Crippen LogP) is 2.00. The van der Waals surface area contributed by atoms with Gasteiger partial charge in [-0.05, 0) is 37.0 Å². The first-order chi connectivity index (χ1) is 15.1. The van der Waals surface area contributed by atoms with Crippen LogP contribution in [0.2, 0.25) is 0 Å². The minimum atomic E-state index is -5.08. The molecular weight excluding hydrogens is 431 g/mol. The Balaban J connectivity index is 0.000000360. The molecule has 2 N–H and O–H groups in total. The number of aromatic amines is 1. The van der Waals surface area contributed by atoms with Crippen LogP contribution in [0.3, 0.4) is 0 Å². The smallest absolute Gasteiger partial charge is 0.475 e. The van der Waals surface area contributed by atoms with Crippen LogP contribution in [0.4, 0.5) is 13.2 Å². The number of aromatic nitrogens is 3. The number of alkyl halides is 3. The number of carboxylic acids is 1. The Labute approximate surface area is 181 Å². The number of halogens is 3. The van der Waals surface area contributed by atoms with Crippen LogP contribution in [0.15, 0.2) is 36.8 Å². The van der Waals surface area contributed by atoms with E-state index in [-0.39, 0.29) is 23.9 Å². The number of piperidine rings is 1. The number of amides is 2. The first kappa shape index (κ1) is 23.4. The predicted molar refractivity (Wildman–Crippen MR) is 105 cm³/mol. The van der Waals surface area contributed by atoms with E-state index >= 15 is 0 Å². The molecule has 174 valence electrons. The maximum atomic E-state index is 12.6. The first-order valence-electron chi connectivity index (χ1n) is 10.1. The number of H-pyrrole nitrogens is 1. The van der Waals surface area contributed by atoms with Gasteiger partial charge in [0.25, 0.3) is 5.91 Å². The highest BCUT2D eigenvalue weighted by Gasteiger charge is 2.46. The van der Waals surface area contributed by atoms with Crippen molar-refractivity contribution in [3.05, 3.63) is 42.5 Å². The van der Waals surface area contributed by atoms with Gasteiger partial charge in [0.1, 0.15) is 5.69 Å². The second-order valence-corrected chi connectivity index (χ2v) is 7.80. The second-order valence-electron chi connectivity index (χ2n) is 7.80. The van der Waals surface area contributed by atoms with Gasteiger partial charge in [0, 0.05) is 44.6 Å². The fourth-order valence-electron chi connectivity index (χ4n) is 4.45. The fourth-order valence-corrected chi connectivity index (χ4v) is 4.45. The van der Waals surface area contributed by atoms with Crippen molar-refractivity contribution < 1.29 is 32.7 Å². The Morgan fingerprint density at radius 2 is 2.00 bits per heavy atom. The normalized spacial score (nSPS) is 22.7. The Morgan fingerprint density at radius 1 is 1.28 bits per heavy atom. The summed E-state index contributed by atoms with van der Waals surface area (Å²) >= 11 is 0. The maximum Gasteiger partial charge on any atom is 0.490 e. The van der Waals surface area contributed by atoms with Gasteiger partial charge in [-0.1, -0.05) is 0 Å². The molecule has 2 amide bonds. The number of likely N-dealkylation sites (tertiary alicyclic amines) is 2. The standard InChI is InChI=1S/C18H23N5O2.C2HF3O2/c1-13(24)23-15(12-22-8-3-7-20-22)10-14-11-21(9-5-17(14)23)18(25)16-4-2-6-19-16;3-2(4,5)1(6)7/h2-4,6-8,14-15,17,19H,5,9-12H2,1H3;(H,6,7)/t14-,15+,17+;/m1./s1. The molecule has 9 nitrogen and oxygen atoms in total. The molecule has 2 fully saturated rings. The SMILES string of the molecule is CC(=O)N1[C@H](Cn2cccn2)C[C@@H]2CN(C(=O)c3ccc[nH]3)CC[C@@H]21.O=C(O)C(F)(F)F. The lowest BCUT2D eigenvalue weighted by Gasteiger charge is -2.38. The third-order valence-corrected chi connectivity index (χ3v) is 5.70. The number of nitrogens with zero attached hydrogens (tertiary/aromatic N) is 4. The van der Waals surface area contributed by atoms with E-state index in [1.165, 1.54) is 0 Å². The van der Waals surface area contributed by atoms with Gasteiger partial charge in [-0.25, -0.2) is 4.79 Å². The molecule has 12 heteroatoms. The maximum absolute atomic E-state index is 12.6. The van der Waals surface area contributed by atoms with E-state index in [4.69, 9.17) is 9.90 Å². The molecule has 2 aromatic heterocycles. The molecule has 2 saturated heterocycles. The third kappa shape index (κ3) is 5.29. The van der Waals surface area contributed by atoms with Crippen molar-refractivity contribution in [2.45, 2.75) is 44.6 Å². The summed E-state index contributed by atoms with van der Waals surface area (Å²) in [7, 11) is 0. The number of hydrogen-bond donors (Lipinski definition) is 2. The van der Waals surface area contributed by atoms with Crippen LogP contribution in [-0.4, -0.2) is 78.8 Å². The zero-order chi connectivity index (χ0) is 23.5. The van der Waals surface area contributed by atoms with Gasteiger partial charge in [0.15, 0.2) is 0 Å². The Kier molecular flexibility index (Phi) is 6.90. The highest BCUT2D eigenvalue weighted by atomic mass is 19.4. The highest BCUT2D eigenvalue weighted by molar-refractivity contribution is 5.92. The van der Waals surface area contributed by atoms with Crippen molar-refractivity contribution in [2.75, 3.05) is 13.1 Å². The second kappa shape index (κ2) is 9.45. The lowest BCUT2D eigenvalue weighted by atomic mass is 9.92. The minimum absolute atomic E-state index is 0.0494. The van der Waals surface area contributed by atoms with Crippen LogP contribution in [-0.2, 0) is 16.1 Å². The summed E-state index contributed by atoms with van der Waals surface area (Å²) in [5, 5.41) is 11.4. The average molecular weight is 455 g/mol. The van der Waals surface area contributed by atoms with Gasteiger partial charge in [0.05, 0.1) is 12.6 Å². The van der Waals surface area contributed by atoms with Crippen molar-refractivity contribution in [3.8, 4) is 0 Å². The molecule has 0 spiro atoms. The van der Waals surface area contributed by atoms with E-state index in [1.807, 2.05) is 38.9 Å². The first-order valence-corrected chi connectivity index (χ1v) is 10.1. The molecular formula is C20H24F3N5O4. The van der Waals surface area contributed by atoms with E-state index in [1.54, 1.807) is 19.3 Å². The summed E-state index contributed by atoms with van der Waals surface area (Å²) in [4.78, 5) is 40.7. The van der Waals surface area contributed by atoms with Crippen LogP contribution in [0.1, 0.15) is 30.3 Å². The molecule has 0 aliphatic carbocycles. The van der Waals surface area contributed by atoms with Crippen molar-refractivity contribution in [2.24, 2.45) is 5.92 Å². The fraction of sp³-hybridized carbons (Fsp3) is 0.500. The van der Waals surface area contributed by atoms with Crippen LogP contribution in [0, 0.1) is 5.92 Å². The summed E-state index contributed by atoms with van der Waals surface area (Å²) in [5.41, 5.74) is 0.632. The van der Waals surface area contributed by atoms with Gasteiger partial charge >= 0.3 is 12.1 Å². The molecule has 0 bridgehead atoms. The Bertz CT molecular complexity index is 930. The molecule has 0 radical (unpaired) electrons. The molecule has 2 aliphatic rings. The van der Waals surface area contributed by atoms with Crippen LogP contribution >= 0.6 is 0 Å². The zero-order valence-corrected chi connectivity index (χ0v) is 17.3. The van der Waals surface area contributed by atoms with Gasteiger partial charge in [0.2, 0.25) is 5.91 Å². The van der Waals surface area contributed by atoms with E-state index in [9.17, 15) is 22.8 Å². The van der Waals surface area contributed by atoms with E-state index in [0.717, 1.165) is 12.8 Å². The topological polar surface area (TPSA) is 112 Å². The van der Waals surface area contributed by atoms with Gasteiger partial charge in [-0.3, -0.25) is 14.3 Å². The Hall–Kier alpha value is -3.31. The number of carbonyl (C=O) groups excluding carboxylic acids is 2. The number of aliphatic carboxylic acids is 1. The molecule has 2 aromatic rings. The molecule has 0 aromatic carbocycles. The molecule has 4 heterocycles. The monoisotopic (exact) mass is 455 g/mol. The van der Waals surface area contributed by atoms with Crippen molar-refractivity contribution >= 4 is 17.8 Å². The number of carboxylic acid groups (broad SMARTS) is 1. The molecule has 0 saturated carbocycles. The van der Waals surface area contributed by atoms with Crippen LogP contribution < -0.4 is 0 Å². The summed E-state index contributed by atoms with van der Waals surface area (Å²) in [6.07, 6.45) is 2.14. The molecule has 4 rings (SSSR count). The van der Waals surface area contributed by atoms with Crippen LogP contribution in [0.5, 0.6) is 0 Å². The summed E-state index contributed by atoms with van der Waals surface area (Å²) in [6, 6.07) is 5.92. The minimum Gasteiger partial charge on any atom is -0.475 e. The molecule has 32 heavy (non-hydrogen) atoms. The molecule has 0 unspecified atom stereocenters. The lowest BCUT2D eigenvalue weighted by molar-refractivity contribution is -0.192. The number of nitrogens with one attached hydrogen (secondary N) is 1. The quantitative estimate of drug-likeness (QED) is 0.736. The van der Waals surface area contributed by atoms with E-state index < -0.39 is 12.1 Å². The van der Waals surface area contributed by atoms with Gasteiger partial charge < -0.3 is 19.9 Å². The number of fused-ring (bicyclic) bond motifs is 1. The van der Waals surface area contributed by atoms with E-state index in [2.05, 4.69) is 10.1 Å². The van der Waals surface area contributed by atoms with Crippen molar-refractivity contribution in [1.29, 1.82) is 0 Å². The molecule has 2 aliphatic heterocycles. The van der Waals surface area contributed by atoms with Crippen molar-refractivity contribution in [1.82, 2.24) is 24.6 Å². The summed E-state index contributed by atoms with van der Waals surface area (Å²) in [5.74, 6) is -2.26. The number of hydrogen-bond acceptors (Lipinski definition) is 4.